The number of H-pyrrole nitrogens is 1. The summed E-state index contributed by atoms with van der Waals surface area (Å²) in [5, 5.41) is 2.82. The van der Waals surface area contributed by atoms with Crippen molar-refractivity contribution in [2.24, 2.45) is 0 Å². The number of benzene rings is 2. The van der Waals surface area contributed by atoms with E-state index in [-0.39, 0.29) is 15.8 Å². The first-order valence-electron chi connectivity index (χ1n) is 10.7. The molecule has 0 saturated heterocycles. The van der Waals surface area contributed by atoms with Gasteiger partial charge in [-0.3, -0.25) is 13.9 Å². The molecule has 1 aromatic heterocycles. The molecule has 0 atom stereocenters. The van der Waals surface area contributed by atoms with Gasteiger partial charge in [0.1, 0.15) is 5.56 Å². The summed E-state index contributed by atoms with van der Waals surface area (Å²) in [6, 6.07) is 9.69. The van der Waals surface area contributed by atoms with Gasteiger partial charge >= 0.3 is 0 Å². The lowest BCUT2D eigenvalue weighted by Crippen LogP contribution is -2.30. The van der Waals surface area contributed by atoms with E-state index < -0.39 is 21.4 Å². The van der Waals surface area contributed by atoms with E-state index in [1.165, 1.54) is 35.7 Å². The van der Waals surface area contributed by atoms with Crippen molar-refractivity contribution in [1.29, 1.82) is 0 Å². The summed E-state index contributed by atoms with van der Waals surface area (Å²) >= 11 is 0. The Morgan fingerprint density at radius 2 is 1.88 bits per heavy atom. The van der Waals surface area contributed by atoms with E-state index in [1.54, 1.807) is 12.1 Å². The van der Waals surface area contributed by atoms with Gasteiger partial charge in [-0.15, -0.1) is 0 Å². The average molecular weight is 472 g/mol. The third-order valence-corrected chi connectivity index (χ3v) is 7.35. The van der Waals surface area contributed by atoms with Crippen molar-refractivity contribution in [1.82, 2.24) is 10.3 Å². The number of amides is 1. The Bertz CT molecular complexity index is 1330. The highest BCUT2D eigenvalue weighted by molar-refractivity contribution is 7.92. The van der Waals surface area contributed by atoms with Crippen LogP contribution in [0.25, 0.3) is 10.9 Å². The molecular weight excluding hydrogens is 442 g/mol. The maximum Gasteiger partial charge on any atom is 0.264 e. The normalized spacial score (nSPS) is 11.5. The lowest BCUT2D eigenvalue weighted by molar-refractivity contribution is 0.0943. The number of hydrogen-bond acceptors (Lipinski definition) is 5. The fourth-order valence-electron chi connectivity index (χ4n) is 3.36. The molecule has 0 bridgehead atoms. The van der Waals surface area contributed by atoms with Crippen molar-refractivity contribution in [3.05, 3.63) is 69.5 Å². The number of carbonyl (C=O) groups is 1. The molecule has 0 saturated carbocycles. The summed E-state index contributed by atoms with van der Waals surface area (Å²) in [5.41, 5.74) is 2.40. The van der Waals surface area contributed by atoms with E-state index >= 15 is 0 Å². The Hall–Kier alpha value is -3.17. The van der Waals surface area contributed by atoms with Crippen LogP contribution in [-0.2, 0) is 14.8 Å². The number of aromatic nitrogens is 1. The SMILES string of the molecule is CCOCCCNC(=O)c1c[nH]c2ccc(S(=O)(=O)N(C)c3ccc(C)c(C)c3)cc2c1=O. The third kappa shape index (κ3) is 5.26. The molecule has 3 aromatic rings. The van der Waals surface area contributed by atoms with Crippen molar-refractivity contribution in [3.63, 3.8) is 0 Å². The van der Waals surface area contributed by atoms with Gasteiger partial charge in [0.15, 0.2) is 0 Å². The number of aryl methyl sites for hydroxylation is 2. The molecule has 2 aromatic carbocycles. The molecule has 0 fully saturated rings. The van der Waals surface area contributed by atoms with Gasteiger partial charge < -0.3 is 15.0 Å². The Kier molecular flexibility index (Phi) is 7.55. The summed E-state index contributed by atoms with van der Waals surface area (Å²) in [6.07, 6.45) is 1.97. The molecule has 0 aliphatic rings. The molecule has 3 rings (SSSR count). The predicted molar refractivity (Wildman–Crippen MR) is 130 cm³/mol. The molecule has 0 radical (unpaired) electrons. The second kappa shape index (κ2) is 10.2. The number of sulfonamides is 1. The molecule has 0 aliphatic carbocycles. The minimum Gasteiger partial charge on any atom is -0.382 e. The van der Waals surface area contributed by atoms with Crippen molar-refractivity contribution < 1.29 is 17.9 Å². The van der Waals surface area contributed by atoms with Gasteiger partial charge in [0, 0.05) is 43.9 Å². The molecular formula is C24H29N3O5S. The summed E-state index contributed by atoms with van der Waals surface area (Å²) < 4.78 is 32.9. The lowest BCUT2D eigenvalue weighted by Gasteiger charge is -2.20. The topological polar surface area (TPSA) is 109 Å². The summed E-state index contributed by atoms with van der Waals surface area (Å²) in [6.45, 7) is 7.24. The first-order chi connectivity index (χ1) is 15.7. The number of pyridine rings is 1. The van der Waals surface area contributed by atoms with Gasteiger partial charge in [0.25, 0.3) is 15.9 Å². The fourth-order valence-corrected chi connectivity index (χ4v) is 4.57. The molecule has 0 unspecified atom stereocenters. The van der Waals surface area contributed by atoms with Crippen LogP contribution in [0.2, 0.25) is 0 Å². The standard InChI is InChI=1S/C24H29N3O5S/c1-5-32-12-6-11-25-24(29)21-15-26-22-10-9-19(14-20(22)23(21)28)33(30,31)27(4)18-8-7-16(2)17(3)13-18/h7-10,13-15H,5-6,11-12H2,1-4H3,(H,25,29)(H,26,28). The monoisotopic (exact) mass is 471 g/mol. The van der Waals surface area contributed by atoms with Gasteiger partial charge in [-0.1, -0.05) is 6.07 Å². The van der Waals surface area contributed by atoms with E-state index in [0.29, 0.717) is 37.4 Å². The van der Waals surface area contributed by atoms with Crippen LogP contribution in [0, 0.1) is 13.8 Å². The molecule has 176 valence electrons. The molecule has 1 heterocycles. The van der Waals surface area contributed by atoms with Crippen LogP contribution in [0.1, 0.15) is 34.8 Å². The van der Waals surface area contributed by atoms with E-state index in [0.717, 1.165) is 11.1 Å². The third-order valence-electron chi connectivity index (χ3n) is 5.56. The number of ether oxygens (including phenoxy) is 1. The zero-order chi connectivity index (χ0) is 24.2. The van der Waals surface area contributed by atoms with Gasteiger partial charge in [-0.05, 0) is 68.7 Å². The maximum absolute atomic E-state index is 13.3. The van der Waals surface area contributed by atoms with Crippen LogP contribution in [0.4, 0.5) is 5.69 Å². The quantitative estimate of drug-likeness (QED) is 0.466. The van der Waals surface area contributed by atoms with Gasteiger partial charge in [-0.2, -0.15) is 0 Å². The number of hydrogen-bond donors (Lipinski definition) is 2. The smallest absolute Gasteiger partial charge is 0.264 e. The van der Waals surface area contributed by atoms with E-state index in [4.69, 9.17) is 4.74 Å². The van der Waals surface area contributed by atoms with Gasteiger partial charge in [-0.25, -0.2) is 8.42 Å². The molecule has 1 amide bonds. The zero-order valence-corrected chi connectivity index (χ0v) is 20.1. The highest BCUT2D eigenvalue weighted by Gasteiger charge is 2.23. The molecule has 8 nitrogen and oxygen atoms in total. The van der Waals surface area contributed by atoms with Crippen LogP contribution in [-0.4, -0.2) is 46.1 Å². The second-order valence-electron chi connectivity index (χ2n) is 7.79. The largest absolute Gasteiger partial charge is 0.382 e. The number of fused-ring (bicyclic) bond motifs is 1. The number of anilines is 1. The first-order valence-corrected chi connectivity index (χ1v) is 12.2. The first kappa shape index (κ1) is 24.5. The number of nitrogens with one attached hydrogen (secondary N) is 2. The van der Waals surface area contributed by atoms with Gasteiger partial charge in [0.05, 0.1) is 10.6 Å². The Balaban J connectivity index is 1.92. The highest BCUT2D eigenvalue weighted by atomic mass is 32.2. The number of nitrogens with zero attached hydrogens (tertiary/aromatic N) is 1. The number of rotatable bonds is 9. The predicted octanol–water partition coefficient (Wildman–Crippen LogP) is 3.13. The van der Waals surface area contributed by atoms with E-state index in [1.807, 2.05) is 26.8 Å². The minimum absolute atomic E-state index is 0.0319. The highest BCUT2D eigenvalue weighted by Crippen LogP contribution is 2.25. The second-order valence-corrected chi connectivity index (χ2v) is 9.76. The van der Waals surface area contributed by atoms with Crippen LogP contribution < -0.4 is 15.1 Å². The minimum atomic E-state index is -3.92. The summed E-state index contributed by atoms with van der Waals surface area (Å²) in [5.74, 6) is -0.518. The molecule has 9 heteroatoms. The van der Waals surface area contributed by atoms with Crippen molar-refractivity contribution in [2.75, 3.05) is 31.1 Å². The molecule has 0 aliphatic heterocycles. The van der Waals surface area contributed by atoms with Crippen molar-refractivity contribution >= 4 is 32.5 Å². The van der Waals surface area contributed by atoms with Crippen molar-refractivity contribution in [3.8, 4) is 0 Å². The summed E-state index contributed by atoms with van der Waals surface area (Å²) in [4.78, 5) is 28.3. The van der Waals surface area contributed by atoms with Crippen molar-refractivity contribution in [2.45, 2.75) is 32.1 Å². The molecule has 0 spiro atoms. The fraction of sp³-hybridized carbons (Fsp3) is 0.333. The van der Waals surface area contributed by atoms with Crippen LogP contribution >= 0.6 is 0 Å². The molecule has 2 N–H and O–H groups in total. The van der Waals surface area contributed by atoms with Crippen LogP contribution in [0.3, 0.4) is 0 Å². The van der Waals surface area contributed by atoms with Gasteiger partial charge in [0.2, 0.25) is 5.43 Å². The summed E-state index contributed by atoms with van der Waals surface area (Å²) in [7, 11) is -2.45. The Morgan fingerprint density at radius 3 is 2.58 bits per heavy atom. The van der Waals surface area contributed by atoms with Crippen LogP contribution in [0.5, 0.6) is 0 Å². The molecule has 33 heavy (non-hydrogen) atoms. The Morgan fingerprint density at radius 1 is 1.12 bits per heavy atom. The lowest BCUT2D eigenvalue weighted by atomic mass is 10.1. The van der Waals surface area contributed by atoms with E-state index in [9.17, 15) is 18.0 Å². The maximum atomic E-state index is 13.3. The average Bonchev–Trinajstić information content (AvgIpc) is 2.80. The van der Waals surface area contributed by atoms with Crippen LogP contribution in [0.15, 0.2) is 52.3 Å². The van der Waals surface area contributed by atoms with E-state index in [2.05, 4.69) is 10.3 Å². The number of aromatic amines is 1. The number of carbonyl (C=O) groups excluding carboxylic acids is 1. The Labute approximate surface area is 193 Å². The zero-order valence-electron chi connectivity index (χ0n) is 19.3.